The molecule has 0 saturated heterocycles. The number of carbonyl (C=O) groups is 1. The van der Waals surface area contributed by atoms with Crippen LogP contribution >= 0.6 is 11.3 Å². The van der Waals surface area contributed by atoms with E-state index in [0.717, 1.165) is 6.42 Å². The lowest BCUT2D eigenvalue weighted by atomic mass is 10.0. The lowest BCUT2D eigenvalue weighted by Gasteiger charge is -2.27. The Balaban J connectivity index is 1.61. The van der Waals surface area contributed by atoms with Crippen LogP contribution in [0.1, 0.15) is 26.5 Å². The van der Waals surface area contributed by atoms with E-state index in [4.69, 9.17) is 8.94 Å². The molecule has 1 aliphatic heterocycles. The molecule has 0 N–H and O–H groups in total. The average Bonchev–Trinajstić information content (AvgIpc) is 3.41. The molecule has 0 radical (unpaired) electrons. The molecule has 0 fully saturated rings. The van der Waals surface area contributed by atoms with Gasteiger partial charge in [-0.15, -0.1) is 11.3 Å². The molecule has 0 aliphatic carbocycles. The van der Waals surface area contributed by atoms with Crippen molar-refractivity contribution in [1.29, 1.82) is 0 Å². The van der Waals surface area contributed by atoms with Crippen molar-refractivity contribution >= 4 is 28.3 Å². The molecule has 4 aromatic rings. The number of hydrogen-bond donors (Lipinski definition) is 0. The van der Waals surface area contributed by atoms with E-state index in [2.05, 4.69) is 21.6 Å². The zero-order valence-corrected chi connectivity index (χ0v) is 14.9. The molecule has 7 heteroatoms. The minimum Gasteiger partial charge on any atom is -0.463 e. The van der Waals surface area contributed by atoms with Gasteiger partial charge in [0.05, 0.1) is 22.9 Å². The first kappa shape index (κ1) is 15.3. The van der Waals surface area contributed by atoms with Gasteiger partial charge in [-0.25, -0.2) is 4.98 Å². The molecular formula is C19H15N3O3S. The molecule has 0 atom stereocenters. The fourth-order valence-corrected chi connectivity index (χ4v) is 4.30. The van der Waals surface area contributed by atoms with Crippen LogP contribution in [0.5, 0.6) is 0 Å². The molecule has 130 valence electrons. The van der Waals surface area contributed by atoms with E-state index in [-0.39, 0.29) is 5.91 Å². The summed E-state index contributed by atoms with van der Waals surface area (Å²) in [5, 5.41) is 6.75. The monoisotopic (exact) mass is 365 g/mol. The lowest BCUT2D eigenvalue weighted by Crippen LogP contribution is -2.35. The molecule has 5 heterocycles. The summed E-state index contributed by atoms with van der Waals surface area (Å²) in [7, 11) is 0. The molecule has 6 nitrogen and oxygen atoms in total. The van der Waals surface area contributed by atoms with Crippen molar-refractivity contribution < 1.29 is 13.7 Å². The van der Waals surface area contributed by atoms with Crippen LogP contribution in [0.15, 0.2) is 44.8 Å². The van der Waals surface area contributed by atoms with Gasteiger partial charge in [-0.1, -0.05) is 5.16 Å². The Hall–Kier alpha value is -2.93. The third-order valence-corrected chi connectivity index (χ3v) is 5.74. The van der Waals surface area contributed by atoms with Gasteiger partial charge in [0.1, 0.15) is 5.69 Å². The first-order valence-corrected chi connectivity index (χ1v) is 9.24. The molecule has 5 rings (SSSR count). The Morgan fingerprint density at radius 3 is 3.12 bits per heavy atom. The zero-order valence-electron chi connectivity index (χ0n) is 14.1. The number of fused-ring (bicyclic) bond motifs is 2. The van der Waals surface area contributed by atoms with Gasteiger partial charge in [0, 0.05) is 18.0 Å². The summed E-state index contributed by atoms with van der Waals surface area (Å²) in [6.45, 7) is 3.16. The van der Waals surface area contributed by atoms with Crippen LogP contribution in [0.25, 0.3) is 22.6 Å². The Bertz CT molecular complexity index is 1110. The highest BCUT2D eigenvalue weighted by Gasteiger charge is 2.27. The third kappa shape index (κ3) is 2.35. The number of hydrogen-bond acceptors (Lipinski definition) is 6. The molecule has 1 aliphatic rings. The minimum absolute atomic E-state index is 0.0339. The van der Waals surface area contributed by atoms with E-state index in [1.165, 1.54) is 10.4 Å². The number of thiophene rings is 1. The molecule has 0 unspecified atom stereocenters. The number of furan rings is 1. The summed E-state index contributed by atoms with van der Waals surface area (Å²) in [6, 6.07) is 7.47. The second-order valence-electron chi connectivity index (χ2n) is 6.33. The van der Waals surface area contributed by atoms with Crippen molar-refractivity contribution in [1.82, 2.24) is 15.0 Å². The highest BCUT2D eigenvalue weighted by molar-refractivity contribution is 7.10. The normalized spacial score (nSPS) is 14.0. The highest BCUT2D eigenvalue weighted by Crippen LogP contribution is 2.30. The van der Waals surface area contributed by atoms with Gasteiger partial charge in [0.2, 0.25) is 0 Å². The molecule has 0 spiro atoms. The van der Waals surface area contributed by atoms with Gasteiger partial charge in [-0.05, 0) is 48.6 Å². The number of pyridine rings is 1. The standard InChI is InChI=1S/C19H15N3O3S/c1-11-17-13(19(23)22-6-4-16-12(10-22)5-8-26-16)9-14(15-3-2-7-24-15)20-18(17)25-21-11/h2-3,5,7-9H,4,6,10H2,1H3. The number of carbonyl (C=O) groups excluding carboxylic acids is 1. The van der Waals surface area contributed by atoms with E-state index in [1.807, 2.05) is 17.9 Å². The fourth-order valence-electron chi connectivity index (χ4n) is 3.41. The largest absolute Gasteiger partial charge is 0.463 e. The van der Waals surface area contributed by atoms with Crippen molar-refractivity contribution in [3.63, 3.8) is 0 Å². The first-order valence-electron chi connectivity index (χ1n) is 8.36. The maximum atomic E-state index is 13.3. The van der Waals surface area contributed by atoms with Gasteiger partial charge >= 0.3 is 0 Å². The molecule has 0 saturated carbocycles. The summed E-state index contributed by atoms with van der Waals surface area (Å²) in [6.07, 6.45) is 2.47. The van der Waals surface area contributed by atoms with E-state index in [0.29, 0.717) is 46.9 Å². The van der Waals surface area contributed by atoms with E-state index >= 15 is 0 Å². The predicted molar refractivity (Wildman–Crippen MR) is 97.0 cm³/mol. The molecule has 26 heavy (non-hydrogen) atoms. The summed E-state index contributed by atoms with van der Waals surface area (Å²) < 4.78 is 10.8. The van der Waals surface area contributed by atoms with E-state index in [9.17, 15) is 4.79 Å². The Labute approximate surface area is 153 Å². The molecular weight excluding hydrogens is 350 g/mol. The summed E-state index contributed by atoms with van der Waals surface area (Å²) in [5.74, 6) is 0.558. The van der Waals surface area contributed by atoms with Gasteiger partial charge in [0.15, 0.2) is 5.76 Å². The molecule has 1 amide bonds. The average molecular weight is 365 g/mol. The quantitative estimate of drug-likeness (QED) is 0.536. The maximum Gasteiger partial charge on any atom is 0.259 e. The lowest BCUT2D eigenvalue weighted by molar-refractivity contribution is 0.0737. The van der Waals surface area contributed by atoms with E-state index < -0.39 is 0 Å². The van der Waals surface area contributed by atoms with Crippen molar-refractivity contribution in [2.75, 3.05) is 6.54 Å². The van der Waals surface area contributed by atoms with Crippen LogP contribution < -0.4 is 0 Å². The molecule has 4 aromatic heterocycles. The topological polar surface area (TPSA) is 72.4 Å². The van der Waals surface area contributed by atoms with Crippen LogP contribution in [-0.4, -0.2) is 27.5 Å². The van der Waals surface area contributed by atoms with Gasteiger partial charge in [-0.3, -0.25) is 4.79 Å². The number of aromatic nitrogens is 2. The van der Waals surface area contributed by atoms with Crippen LogP contribution in [-0.2, 0) is 13.0 Å². The third-order valence-electron chi connectivity index (χ3n) is 4.72. The Morgan fingerprint density at radius 2 is 2.27 bits per heavy atom. The summed E-state index contributed by atoms with van der Waals surface area (Å²) >= 11 is 1.76. The van der Waals surface area contributed by atoms with Gasteiger partial charge < -0.3 is 13.8 Å². The highest BCUT2D eigenvalue weighted by atomic mass is 32.1. The van der Waals surface area contributed by atoms with E-state index in [1.54, 1.807) is 29.7 Å². The molecule has 0 bridgehead atoms. The van der Waals surface area contributed by atoms with Crippen LogP contribution in [0, 0.1) is 6.92 Å². The van der Waals surface area contributed by atoms with Crippen molar-refractivity contribution in [2.45, 2.75) is 19.9 Å². The number of amides is 1. The van der Waals surface area contributed by atoms with Crippen molar-refractivity contribution in [3.05, 3.63) is 57.6 Å². The Morgan fingerprint density at radius 1 is 1.35 bits per heavy atom. The smallest absolute Gasteiger partial charge is 0.259 e. The van der Waals surface area contributed by atoms with Gasteiger partial charge in [-0.2, -0.15) is 0 Å². The predicted octanol–water partition coefficient (Wildman–Crippen LogP) is 4.05. The molecule has 0 aromatic carbocycles. The van der Waals surface area contributed by atoms with Crippen molar-refractivity contribution in [3.8, 4) is 11.5 Å². The number of aryl methyl sites for hydroxylation is 1. The van der Waals surface area contributed by atoms with Gasteiger partial charge in [0.25, 0.3) is 11.6 Å². The second-order valence-corrected chi connectivity index (χ2v) is 7.33. The van der Waals surface area contributed by atoms with Crippen LogP contribution in [0.3, 0.4) is 0 Å². The second kappa shape index (κ2) is 5.81. The summed E-state index contributed by atoms with van der Waals surface area (Å²) in [4.78, 5) is 21.0. The maximum absolute atomic E-state index is 13.3. The first-order chi connectivity index (χ1) is 12.7. The number of rotatable bonds is 2. The minimum atomic E-state index is -0.0339. The fraction of sp³-hybridized carbons (Fsp3) is 0.211. The summed E-state index contributed by atoms with van der Waals surface area (Å²) in [5.41, 5.74) is 3.37. The number of nitrogens with zero attached hydrogens (tertiary/aromatic N) is 3. The Kier molecular flexibility index (Phi) is 3.43. The SMILES string of the molecule is Cc1noc2nc(-c3ccco3)cc(C(=O)N3CCc4sccc4C3)c12. The van der Waals surface area contributed by atoms with Crippen LogP contribution in [0.4, 0.5) is 0 Å². The zero-order chi connectivity index (χ0) is 17.7. The van der Waals surface area contributed by atoms with Crippen LogP contribution in [0.2, 0.25) is 0 Å². The van der Waals surface area contributed by atoms with Crippen molar-refractivity contribution in [2.24, 2.45) is 0 Å².